The van der Waals surface area contributed by atoms with E-state index >= 15 is 0 Å². The molecule has 11 heteroatoms. The summed E-state index contributed by atoms with van der Waals surface area (Å²) in [5.41, 5.74) is 0.589. The Bertz CT molecular complexity index is 962. The number of alkyl halides is 2. The second-order valence-corrected chi connectivity index (χ2v) is 6.19. The van der Waals surface area contributed by atoms with Gasteiger partial charge in [-0.1, -0.05) is 23.2 Å². The molecular formula is C16H13Cl2F2N5O2. The molecule has 1 amide bonds. The first-order chi connectivity index (χ1) is 12.9. The second-order valence-electron chi connectivity index (χ2n) is 5.48. The van der Waals surface area contributed by atoms with Crippen LogP contribution in [0.15, 0.2) is 30.9 Å². The number of fused-ring (bicyclic) bond motifs is 1. The number of aromatic nitrogens is 4. The lowest BCUT2D eigenvalue weighted by Crippen LogP contribution is -2.34. The average Bonchev–Trinajstić information content (AvgIpc) is 3.01. The van der Waals surface area contributed by atoms with Crippen molar-refractivity contribution in [1.29, 1.82) is 0 Å². The summed E-state index contributed by atoms with van der Waals surface area (Å²) in [6.07, 6.45) is 1.45. The van der Waals surface area contributed by atoms with E-state index < -0.39 is 18.9 Å². The van der Waals surface area contributed by atoms with E-state index in [0.29, 0.717) is 16.7 Å². The summed E-state index contributed by atoms with van der Waals surface area (Å²) in [6, 6.07) is 3.21. The third-order valence-corrected chi connectivity index (χ3v) is 4.34. The molecule has 0 unspecified atom stereocenters. The Morgan fingerprint density at radius 3 is 2.59 bits per heavy atom. The van der Waals surface area contributed by atoms with Gasteiger partial charge in [-0.2, -0.15) is 0 Å². The molecule has 3 heterocycles. The van der Waals surface area contributed by atoms with Gasteiger partial charge in [0.25, 0.3) is 12.3 Å². The van der Waals surface area contributed by atoms with E-state index in [0.717, 1.165) is 6.33 Å². The van der Waals surface area contributed by atoms with Crippen LogP contribution >= 0.6 is 23.2 Å². The summed E-state index contributed by atoms with van der Waals surface area (Å²) >= 11 is 11.9. The quantitative estimate of drug-likeness (QED) is 0.625. The first-order valence-electron chi connectivity index (χ1n) is 7.74. The fraction of sp³-hybridized carbons (Fsp3) is 0.250. The van der Waals surface area contributed by atoms with E-state index in [2.05, 4.69) is 15.0 Å². The molecule has 3 aromatic rings. The molecule has 0 atom stereocenters. The van der Waals surface area contributed by atoms with Crippen LogP contribution in [0.5, 0.6) is 0 Å². The highest BCUT2D eigenvalue weighted by atomic mass is 35.5. The SMILES string of the molecule is O=C(c1c(Cl)ncnc1Cl)N(CCO)c1cnc2c(ccn2CC(F)F)c1. The van der Waals surface area contributed by atoms with Gasteiger partial charge in [-0.05, 0) is 12.1 Å². The number of halogens is 4. The van der Waals surface area contributed by atoms with Gasteiger partial charge in [0.15, 0.2) is 0 Å². The monoisotopic (exact) mass is 415 g/mol. The number of anilines is 1. The molecule has 7 nitrogen and oxygen atoms in total. The Hall–Kier alpha value is -2.36. The number of nitrogens with zero attached hydrogens (tertiary/aromatic N) is 5. The molecule has 0 saturated heterocycles. The number of hydrogen-bond donors (Lipinski definition) is 1. The fourth-order valence-corrected chi connectivity index (χ4v) is 3.09. The second kappa shape index (κ2) is 8.12. The zero-order valence-corrected chi connectivity index (χ0v) is 15.2. The Labute approximate surface area is 162 Å². The Balaban J connectivity index is 2.01. The van der Waals surface area contributed by atoms with Crippen molar-refractivity contribution < 1.29 is 18.7 Å². The molecule has 3 aromatic heterocycles. The fourth-order valence-electron chi connectivity index (χ4n) is 2.61. The van der Waals surface area contributed by atoms with Gasteiger partial charge in [0.2, 0.25) is 0 Å². The normalized spacial score (nSPS) is 11.3. The summed E-state index contributed by atoms with van der Waals surface area (Å²) in [5.74, 6) is -0.618. The summed E-state index contributed by atoms with van der Waals surface area (Å²) in [6.45, 7) is -0.883. The van der Waals surface area contributed by atoms with Crippen LogP contribution in [0.4, 0.5) is 14.5 Å². The van der Waals surface area contributed by atoms with Crippen molar-refractivity contribution in [2.75, 3.05) is 18.1 Å². The first kappa shape index (κ1) is 19.4. The number of amides is 1. The van der Waals surface area contributed by atoms with Crippen molar-refractivity contribution in [3.63, 3.8) is 0 Å². The molecule has 0 aliphatic carbocycles. The highest BCUT2D eigenvalue weighted by molar-refractivity contribution is 6.39. The van der Waals surface area contributed by atoms with Gasteiger partial charge in [0, 0.05) is 18.1 Å². The van der Waals surface area contributed by atoms with Crippen LogP contribution < -0.4 is 4.90 Å². The number of pyridine rings is 1. The molecule has 3 rings (SSSR count). The predicted molar refractivity (Wildman–Crippen MR) is 96.6 cm³/mol. The molecule has 0 saturated carbocycles. The minimum Gasteiger partial charge on any atom is -0.395 e. The van der Waals surface area contributed by atoms with Gasteiger partial charge in [-0.3, -0.25) is 4.79 Å². The standard InChI is InChI=1S/C16H13Cl2F2N5O2/c17-13-12(14(18)23-8-22-13)16(27)25(3-4-26)10-5-9-1-2-24(7-11(19)20)15(9)21-6-10/h1-2,5-6,8,11,26H,3-4,7H2. The smallest absolute Gasteiger partial charge is 0.264 e. The summed E-state index contributed by atoms with van der Waals surface area (Å²) < 4.78 is 26.6. The minimum atomic E-state index is -2.52. The zero-order chi connectivity index (χ0) is 19.6. The molecule has 0 radical (unpaired) electrons. The molecule has 0 spiro atoms. The minimum absolute atomic E-state index is 0.0642. The lowest BCUT2D eigenvalue weighted by atomic mass is 10.2. The van der Waals surface area contributed by atoms with Crippen molar-refractivity contribution in [2.24, 2.45) is 0 Å². The van der Waals surface area contributed by atoms with Gasteiger partial charge < -0.3 is 14.6 Å². The molecule has 0 aromatic carbocycles. The van der Waals surface area contributed by atoms with Crippen LogP contribution in [-0.2, 0) is 6.54 Å². The molecule has 1 N–H and O–H groups in total. The molecule has 0 bridgehead atoms. The van der Waals surface area contributed by atoms with Crippen molar-refractivity contribution in [3.8, 4) is 0 Å². The Morgan fingerprint density at radius 1 is 1.26 bits per heavy atom. The maximum atomic E-state index is 12.9. The van der Waals surface area contributed by atoms with Crippen molar-refractivity contribution in [2.45, 2.75) is 13.0 Å². The lowest BCUT2D eigenvalue weighted by Gasteiger charge is -2.22. The number of rotatable bonds is 6. The van der Waals surface area contributed by atoms with Crippen molar-refractivity contribution in [3.05, 3.63) is 46.7 Å². The molecule has 27 heavy (non-hydrogen) atoms. The maximum absolute atomic E-state index is 12.9. The van der Waals surface area contributed by atoms with E-state index in [-0.39, 0.29) is 29.0 Å². The third kappa shape index (κ3) is 4.00. The molecule has 142 valence electrons. The van der Waals surface area contributed by atoms with E-state index in [9.17, 15) is 18.7 Å². The predicted octanol–water partition coefficient (Wildman–Crippen LogP) is 3.04. The van der Waals surface area contributed by atoms with E-state index in [1.807, 2.05) is 0 Å². The highest BCUT2D eigenvalue weighted by Gasteiger charge is 2.25. The van der Waals surface area contributed by atoms with Crippen molar-refractivity contribution in [1.82, 2.24) is 19.5 Å². The van der Waals surface area contributed by atoms with Crippen LogP contribution in [0.1, 0.15) is 10.4 Å². The molecule has 0 fully saturated rings. The van der Waals surface area contributed by atoms with Gasteiger partial charge in [0.05, 0.1) is 25.0 Å². The molecule has 0 aliphatic heterocycles. The van der Waals surface area contributed by atoms with E-state index in [4.69, 9.17) is 23.2 Å². The van der Waals surface area contributed by atoms with E-state index in [1.165, 1.54) is 21.9 Å². The van der Waals surface area contributed by atoms with Gasteiger partial charge in [0.1, 0.15) is 27.8 Å². The Kier molecular flexibility index (Phi) is 5.83. The zero-order valence-electron chi connectivity index (χ0n) is 13.7. The number of aliphatic hydroxyl groups excluding tert-OH is 1. The summed E-state index contributed by atoms with van der Waals surface area (Å²) in [4.78, 5) is 25.8. The summed E-state index contributed by atoms with van der Waals surface area (Å²) in [7, 11) is 0. The molecular weight excluding hydrogens is 403 g/mol. The largest absolute Gasteiger partial charge is 0.395 e. The van der Waals surface area contributed by atoms with E-state index in [1.54, 1.807) is 12.1 Å². The molecule has 0 aliphatic rings. The van der Waals surface area contributed by atoms with Gasteiger partial charge >= 0.3 is 0 Å². The van der Waals surface area contributed by atoms with Crippen LogP contribution in [0.2, 0.25) is 10.3 Å². The third-order valence-electron chi connectivity index (χ3n) is 3.77. The summed E-state index contributed by atoms with van der Waals surface area (Å²) in [5, 5.41) is 9.66. The van der Waals surface area contributed by atoms with Gasteiger partial charge in [-0.25, -0.2) is 23.7 Å². The van der Waals surface area contributed by atoms with Crippen LogP contribution in [0.3, 0.4) is 0 Å². The van der Waals surface area contributed by atoms with Crippen LogP contribution in [-0.4, -0.2) is 50.1 Å². The van der Waals surface area contributed by atoms with Crippen molar-refractivity contribution >= 4 is 45.8 Å². The number of carbonyl (C=O) groups is 1. The first-order valence-corrected chi connectivity index (χ1v) is 8.49. The van der Waals surface area contributed by atoms with Crippen LogP contribution in [0, 0.1) is 0 Å². The lowest BCUT2D eigenvalue weighted by molar-refractivity contribution is 0.0980. The number of hydrogen-bond acceptors (Lipinski definition) is 5. The number of carbonyl (C=O) groups excluding carboxylic acids is 1. The maximum Gasteiger partial charge on any atom is 0.264 e. The topological polar surface area (TPSA) is 84.1 Å². The average molecular weight is 416 g/mol. The van der Waals surface area contributed by atoms with Crippen LogP contribution in [0.25, 0.3) is 11.0 Å². The Morgan fingerprint density at radius 2 is 1.96 bits per heavy atom. The van der Waals surface area contributed by atoms with Gasteiger partial charge in [-0.15, -0.1) is 0 Å². The highest BCUT2D eigenvalue weighted by Crippen LogP contribution is 2.26. The number of aliphatic hydroxyl groups is 1.